The second-order valence-electron chi connectivity index (χ2n) is 7.71. The van der Waals surface area contributed by atoms with Crippen LogP contribution in [0.25, 0.3) is 5.69 Å². The number of fused-ring (bicyclic) bond motifs is 1. The smallest absolute Gasteiger partial charge is 0.321 e. The van der Waals surface area contributed by atoms with Crippen LogP contribution < -0.4 is 10.6 Å². The van der Waals surface area contributed by atoms with Gasteiger partial charge in [0.2, 0.25) is 5.91 Å². The minimum atomic E-state index is -0.473. The van der Waals surface area contributed by atoms with Crippen molar-refractivity contribution in [3.05, 3.63) is 41.7 Å². The SMILES string of the molecule is CC(C)(C)NC(=O)NC(=O)CSc1nc2c(n1-c1ccccc1)CCCC2. The van der Waals surface area contributed by atoms with Crippen molar-refractivity contribution >= 4 is 23.7 Å². The zero-order chi connectivity index (χ0) is 19.4. The number of imide groups is 1. The molecule has 27 heavy (non-hydrogen) atoms. The Labute approximate surface area is 164 Å². The van der Waals surface area contributed by atoms with Crippen LogP contribution in [0.15, 0.2) is 35.5 Å². The van der Waals surface area contributed by atoms with Gasteiger partial charge in [0.15, 0.2) is 5.16 Å². The van der Waals surface area contributed by atoms with Gasteiger partial charge in [-0.2, -0.15) is 0 Å². The van der Waals surface area contributed by atoms with Gasteiger partial charge in [0.05, 0.1) is 11.4 Å². The van der Waals surface area contributed by atoms with Gasteiger partial charge < -0.3 is 5.32 Å². The molecule has 2 N–H and O–H groups in total. The molecule has 3 amide bonds. The van der Waals surface area contributed by atoms with E-state index < -0.39 is 6.03 Å². The number of hydrogen-bond acceptors (Lipinski definition) is 4. The van der Waals surface area contributed by atoms with E-state index in [1.54, 1.807) is 0 Å². The molecular weight excluding hydrogens is 360 g/mol. The molecule has 0 fully saturated rings. The van der Waals surface area contributed by atoms with Crippen LogP contribution in [-0.2, 0) is 17.6 Å². The Bertz CT molecular complexity index is 824. The number of carbonyl (C=O) groups excluding carboxylic acids is 2. The summed E-state index contributed by atoms with van der Waals surface area (Å²) in [6, 6.07) is 9.62. The summed E-state index contributed by atoms with van der Waals surface area (Å²) < 4.78 is 2.15. The molecule has 0 radical (unpaired) electrons. The topological polar surface area (TPSA) is 76.0 Å². The first-order valence-corrected chi connectivity index (χ1v) is 10.2. The quantitative estimate of drug-likeness (QED) is 0.789. The first kappa shape index (κ1) is 19.5. The molecular formula is C20H26N4O2S. The Morgan fingerprint density at radius 1 is 1.15 bits per heavy atom. The van der Waals surface area contributed by atoms with Gasteiger partial charge >= 0.3 is 6.03 Å². The third-order valence-electron chi connectivity index (χ3n) is 4.19. The summed E-state index contributed by atoms with van der Waals surface area (Å²) in [5.74, 6) is -0.192. The molecule has 1 aromatic heterocycles. The Balaban J connectivity index is 1.73. The van der Waals surface area contributed by atoms with Crippen molar-refractivity contribution in [2.45, 2.75) is 57.1 Å². The lowest BCUT2D eigenvalue weighted by atomic mass is 10.0. The number of imidazole rings is 1. The Morgan fingerprint density at radius 2 is 1.85 bits per heavy atom. The Hall–Kier alpha value is -2.28. The molecule has 0 spiro atoms. The average Bonchev–Trinajstić information content (AvgIpc) is 2.97. The number of hydrogen-bond donors (Lipinski definition) is 2. The fourth-order valence-corrected chi connectivity index (χ4v) is 3.97. The van der Waals surface area contributed by atoms with E-state index in [9.17, 15) is 9.59 Å². The lowest BCUT2D eigenvalue weighted by molar-refractivity contribution is -0.117. The summed E-state index contributed by atoms with van der Waals surface area (Å²) in [4.78, 5) is 28.8. The van der Waals surface area contributed by atoms with Crippen molar-refractivity contribution in [1.82, 2.24) is 20.2 Å². The number of thioether (sulfide) groups is 1. The van der Waals surface area contributed by atoms with Crippen LogP contribution in [-0.4, -0.2) is 32.8 Å². The second-order valence-corrected chi connectivity index (χ2v) is 8.65. The molecule has 1 heterocycles. The fourth-order valence-electron chi connectivity index (χ4n) is 3.12. The molecule has 2 aromatic rings. The molecule has 144 valence electrons. The van der Waals surface area contributed by atoms with Gasteiger partial charge in [0, 0.05) is 16.9 Å². The monoisotopic (exact) mass is 386 g/mol. The predicted octanol–water partition coefficient (Wildman–Crippen LogP) is 3.47. The average molecular weight is 387 g/mol. The van der Waals surface area contributed by atoms with Gasteiger partial charge in [-0.25, -0.2) is 9.78 Å². The zero-order valence-electron chi connectivity index (χ0n) is 16.0. The first-order chi connectivity index (χ1) is 12.8. The van der Waals surface area contributed by atoms with Crippen LogP contribution in [0.4, 0.5) is 4.79 Å². The normalized spacial score (nSPS) is 13.7. The molecule has 0 unspecified atom stereocenters. The van der Waals surface area contributed by atoms with Crippen molar-refractivity contribution in [1.29, 1.82) is 0 Å². The molecule has 1 aliphatic rings. The van der Waals surface area contributed by atoms with E-state index in [1.807, 2.05) is 39.0 Å². The summed E-state index contributed by atoms with van der Waals surface area (Å²) in [6.07, 6.45) is 4.28. The Morgan fingerprint density at radius 3 is 2.56 bits per heavy atom. The summed E-state index contributed by atoms with van der Waals surface area (Å²) in [7, 11) is 0. The Kier molecular flexibility index (Phi) is 5.89. The maximum absolute atomic E-state index is 12.2. The third-order valence-corrected chi connectivity index (χ3v) is 5.13. The van der Waals surface area contributed by atoms with Crippen molar-refractivity contribution in [2.75, 3.05) is 5.75 Å². The number of carbonyl (C=O) groups is 2. The molecule has 0 aliphatic heterocycles. The summed E-state index contributed by atoms with van der Waals surface area (Å²) in [6.45, 7) is 5.60. The molecule has 7 heteroatoms. The van der Waals surface area contributed by atoms with Gasteiger partial charge in [0.1, 0.15) is 0 Å². The van der Waals surface area contributed by atoms with Gasteiger partial charge in [-0.15, -0.1) is 0 Å². The van der Waals surface area contributed by atoms with E-state index in [0.29, 0.717) is 0 Å². The molecule has 0 saturated carbocycles. The number of benzene rings is 1. The fraction of sp³-hybridized carbons (Fsp3) is 0.450. The summed E-state index contributed by atoms with van der Waals surface area (Å²) >= 11 is 1.36. The minimum absolute atomic E-state index is 0.139. The van der Waals surface area contributed by atoms with Crippen molar-refractivity contribution in [3.63, 3.8) is 0 Å². The van der Waals surface area contributed by atoms with Crippen LogP contribution in [0, 0.1) is 0 Å². The number of para-hydroxylation sites is 1. The molecule has 1 aromatic carbocycles. The number of nitrogens with zero attached hydrogens (tertiary/aromatic N) is 2. The number of nitrogens with one attached hydrogen (secondary N) is 2. The number of aromatic nitrogens is 2. The zero-order valence-corrected chi connectivity index (χ0v) is 16.9. The van der Waals surface area contributed by atoms with Crippen LogP contribution in [0.5, 0.6) is 0 Å². The lowest BCUT2D eigenvalue weighted by Gasteiger charge is -2.20. The molecule has 0 bridgehead atoms. The molecule has 0 saturated heterocycles. The largest absolute Gasteiger partial charge is 0.333 e. The lowest BCUT2D eigenvalue weighted by Crippen LogP contribution is -2.48. The summed E-state index contributed by atoms with van der Waals surface area (Å²) in [5, 5.41) is 5.91. The molecule has 3 rings (SSSR count). The van der Waals surface area contributed by atoms with Crippen LogP contribution in [0.3, 0.4) is 0 Å². The maximum Gasteiger partial charge on any atom is 0.321 e. The highest BCUT2D eigenvalue weighted by Gasteiger charge is 2.22. The van der Waals surface area contributed by atoms with E-state index in [-0.39, 0.29) is 17.2 Å². The van der Waals surface area contributed by atoms with Gasteiger partial charge in [0.25, 0.3) is 0 Å². The van der Waals surface area contributed by atoms with Gasteiger partial charge in [-0.05, 0) is 58.6 Å². The van der Waals surface area contributed by atoms with E-state index in [1.165, 1.54) is 17.5 Å². The number of rotatable bonds is 4. The highest BCUT2D eigenvalue weighted by Crippen LogP contribution is 2.30. The molecule has 1 aliphatic carbocycles. The van der Waals surface area contributed by atoms with Gasteiger partial charge in [-0.1, -0.05) is 30.0 Å². The summed E-state index contributed by atoms with van der Waals surface area (Å²) in [5.41, 5.74) is 3.03. The standard InChI is InChI=1S/C20H26N4O2S/c1-20(2,3)23-18(26)22-17(25)13-27-19-21-15-11-7-8-12-16(15)24(19)14-9-5-4-6-10-14/h4-6,9-10H,7-8,11-13H2,1-3H3,(H2,22,23,25,26). The predicted molar refractivity (Wildman–Crippen MR) is 107 cm³/mol. The third kappa shape index (κ3) is 5.13. The van der Waals surface area contributed by atoms with Crippen LogP contribution in [0.1, 0.15) is 45.0 Å². The molecule has 0 atom stereocenters. The van der Waals surface area contributed by atoms with E-state index in [2.05, 4.69) is 27.3 Å². The highest BCUT2D eigenvalue weighted by molar-refractivity contribution is 7.99. The number of aryl methyl sites for hydroxylation is 1. The van der Waals surface area contributed by atoms with E-state index in [4.69, 9.17) is 4.98 Å². The maximum atomic E-state index is 12.2. The molecule has 6 nitrogen and oxygen atoms in total. The van der Waals surface area contributed by atoms with Crippen molar-refractivity contribution in [3.8, 4) is 5.69 Å². The first-order valence-electron chi connectivity index (χ1n) is 9.24. The van der Waals surface area contributed by atoms with E-state index in [0.717, 1.165) is 42.2 Å². The minimum Gasteiger partial charge on any atom is -0.333 e. The van der Waals surface area contributed by atoms with Crippen molar-refractivity contribution < 1.29 is 9.59 Å². The van der Waals surface area contributed by atoms with Crippen LogP contribution in [0.2, 0.25) is 0 Å². The number of amides is 3. The van der Waals surface area contributed by atoms with Crippen LogP contribution >= 0.6 is 11.8 Å². The number of urea groups is 1. The van der Waals surface area contributed by atoms with Crippen molar-refractivity contribution in [2.24, 2.45) is 0 Å². The highest BCUT2D eigenvalue weighted by atomic mass is 32.2. The second kappa shape index (κ2) is 8.17. The van der Waals surface area contributed by atoms with Gasteiger partial charge in [-0.3, -0.25) is 14.7 Å². The van der Waals surface area contributed by atoms with E-state index >= 15 is 0 Å².